The van der Waals surface area contributed by atoms with Gasteiger partial charge in [-0.25, -0.2) is 0 Å². The zero-order chi connectivity index (χ0) is 62.2. The van der Waals surface area contributed by atoms with Crippen LogP contribution in [0.3, 0.4) is 0 Å². The summed E-state index contributed by atoms with van der Waals surface area (Å²) in [6, 6.07) is 0. The third-order valence-electron chi connectivity index (χ3n) is 23.5. The van der Waals surface area contributed by atoms with Crippen molar-refractivity contribution in [1.29, 1.82) is 0 Å². The van der Waals surface area contributed by atoms with Crippen molar-refractivity contribution in [3.8, 4) is 0 Å². The fraction of sp³-hybridized carbons (Fsp3) is 0.949. The van der Waals surface area contributed by atoms with E-state index in [0.29, 0.717) is 38.5 Å². The zero-order valence-corrected chi connectivity index (χ0v) is 50.0. The van der Waals surface area contributed by atoms with Gasteiger partial charge in [-0.15, -0.1) is 0 Å². The standard InChI is InChI=1S/C59H96O26/c1-23-12-17-59(53(74)85-52-45(40(70)36(66)29(21-61)80-52)83-48-41(71)37(67)33(63)24(2)77-48)19-18-56(7)26(47(59)58(23,9)75)10-11-31-55(6)15-14-32(54(4,5)30(55)13-16-57(31,56)8)81-51-46(84-49-42(72)38(68)34(64)25(3)78-49)44(27(62)22-76-51)82-50-43(73)39(69)35(65)28(20-60)79-50/h10,23-25,27-52,60-73,75H,11-22H2,1-9H3. The Morgan fingerprint density at radius 1 is 0.541 bits per heavy atom. The van der Waals surface area contributed by atoms with Crippen molar-refractivity contribution < 1.29 is 129 Å². The Hall–Kier alpha value is -1.75. The maximum atomic E-state index is 15.4. The molecule has 0 amide bonds. The van der Waals surface area contributed by atoms with Gasteiger partial charge >= 0.3 is 5.97 Å². The van der Waals surface area contributed by atoms with Crippen LogP contribution >= 0.6 is 0 Å². The van der Waals surface area contributed by atoms with E-state index < -0.39 is 200 Å². The summed E-state index contributed by atoms with van der Waals surface area (Å²) in [4.78, 5) is 15.4. The fourth-order valence-corrected chi connectivity index (χ4v) is 17.8. The average Bonchev–Trinajstić information content (AvgIpc) is 0.682. The maximum absolute atomic E-state index is 15.4. The molecule has 10 aliphatic rings. The Bertz CT molecular complexity index is 2380. The van der Waals surface area contributed by atoms with Crippen molar-refractivity contribution in [2.24, 2.45) is 50.7 Å². The van der Waals surface area contributed by atoms with Gasteiger partial charge in [-0.05, 0) is 118 Å². The minimum absolute atomic E-state index is 0.0282. The number of hydrogen-bond acceptors (Lipinski definition) is 26. The highest BCUT2D eigenvalue weighted by atomic mass is 16.8. The lowest BCUT2D eigenvalue weighted by molar-refractivity contribution is -0.388. The van der Waals surface area contributed by atoms with Crippen molar-refractivity contribution in [3.63, 3.8) is 0 Å². The van der Waals surface area contributed by atoms with Crippen LogP contribution < -0.4 is 0 Å². The molecule has 0 radical (unpaired) electrons. The van der Waals surface area contributed by atoms with E-state index in [9.17, 15) is 76.6 Å². The molecule has 5 aliphatic carbocycles. The molecule has 34 atom stereocenters. The number of ether oxygens (including phenoxy) is 10. The number of esters is 1. The second-order valence-corrected chi connectivity index (χ2v) is 28.3. The molecule has 0 aromatic carbocycles. The van der Waals surface area contributed by atoms with Crippen LogP contribution in [0.2, 0.25) is 0 Å². The third kappa shape index (κ3) is 10.7. The number of aliphatic hydroxyl groups is 15. The van der Waals surface area contributed by atoms with Crippen molar-refractivity contribution in [3.05, 3.63) is 11.6 Å². The second-order valence-electron chi connectivity index (χ2n) is 28.3. The van der Waals surface area contributed by atoms with E-state index >= 15 is 4.79 Å². The lowest BCUT2D eigenvalue weighted by Crippen LogP contribution is -2.69. The molecule has 5 aliphatic heterocycles. The first-order valence-corrected chi connectivity index (χ1v) is 30.6. The molecule has 9 fully saturated rings. The molecule has 5 saturated heterocycles. The Labute approximate surface area is 494 Å². The van der Waals surface area contributed by atoms with E-state index in [0.717, 1.165) is 18.4 Å². The third-order valence-corrected chi connectivity index (χ3v) is 23.5. The second kappa shape index (κ2) is 24.1. The van der Waals surface area contributed by atoms with Gasteiger partial charge in [0, 0.05) is 5.92 Å². The summed E-state index contributed by atoms with van der Waals surface area (Å²) in [7, 11) is 0. The first-order valence-electron chi connectivity index (χ1n) is 30.6. The van der Waals surface area contributed by atoms with E-state index in [-0.39, 0.29) is 41.6 Å². The van der Waals surface area contributed by atoms with Gasteiger partial charge < -0.3 is 124 Å². The van der Waals surface area contributed by atoms with E-state index in [4.69, 9.17) is 47.4 Å². The number of carbonyl (C=O) groups is 1. The molecule has 0 aromatic rings. The van der Waals surface area contributed by atoms with E-state index in [1.807, 2.05) is 6.92 Å². The van der Waals surface area contributed by atoms with Gasteiger partial charge in [0.2, 0.25) is 6.29 Å². The Balaban J connectivity index is 0.916. The number of carbonyl (C=O) groups excluding carboxylic acids is 1. The molecule has 0 spiro atoms. The summed E-state index contributed by atoms with van der Waals surface area (Å²) < 4.78 is 61.3. The van der Waals surface area contributed by atoms with E-state index in [1.165, 1.54) is 13.8 Å². The van der Waals surface area contributed by atoms with Crippen LogP contribution in [0.1, 0.15) is 120 Å². The molecule has 488 valence electrons. The summed E-state index contributed by atoms with van der Waals surface area (Å²) in [5.41, 5.74) is -3.68. The van der Waals surface area contributed by atoms with Gasteiger partial charge in [0.15, 0.2) is 31.3 Å². The smallest absolute Gasteiger partial charge is 0.315 e. The van der Waals surface area contributed by atoms with Gasteiger partial charge in [-0.1, -0.05) is 53.2 Å². The molecule has 10 rings (SSSR count). The van der Waals surface area contributed by atoms with Crippen LogP contribution in [0.25, 0.3) is 0 Å². The number of aliphatic hydroxyl groups excluding tert-OH is 14. The summed E-state index contributed by atoms with van der Waals surface area (Å²) in [6.07, 6.45) is -31.7. The monoisotopic (exact) mass is 1220 g/mol. The maximum Gasteiger partial charge on any atom is 0.315 e. The van der Waals surface area contributed by atoms with Crippen molar-refractivity contribution in [2.75, 3.05) is 19.8 Å². The van der Waals surface area contributed by atoms with Crippen molar-refractivity contribution in [2.45, 2.75) is 279 Å². The zero-order valence-electron chi connectivity index (χ0n) is 50.0. The quantitative estimate of drug-likeness (QED) is 0.0544. The summed E-state index contributed by atoms with van der Waals surface area (Å²) >= 11 is 0. The molecular formula is C59H96O26. The van der Waals surface area contributed by atoms with Crippen LogP contribution in [0.5, 0.6) is 0 Å². The molecule has 5 heterocycles. The Kier molecular flexibility index (Phi) is 18.7. The van der Waals surface area contributed by atoms with Crippen molar-refractivity contribution in [1.82, 2.24) is 0 Å². The summed E-state index contributed by atoms with van der Waals surface area (Å²) in [6.45, 7) is 15.9. The van der Waals surface area contributed by atoms with Gasteiger partial charge in [0.25, 0.3) is 0 Å². The Morgan fingerprint density at radius 3 is 1.66 bits per heavy atom. The topological polar surface area (TPSA) is 413 Å². The van der Waals surface area contributed by atoms with Crippen LogP contribution in [0.15, 0.2) is 11.6 Å². The molecule has 85 heavy (non-hydrogen) atoms. The van der Waals surface area contributed by atoms with Gasteiger partial charge in [0.1, 0.15) is 97.7 Å². The molecule has 4 saturated carbocycles. The molecule has 0 bridgehead atoms. The summed E-state index contributed by atoms with van der Waals surface area (Å²) in [5.74, 6) is -1.66. The first-order chi connectivity index (χ1) is 39.7. The number of fused-ring (bicyclic) bond motifs is 7. The highest BCUT2D eigenvalue weighted by molar-refractivity contribution is 5.79. The minimum Gasteiger partial charge on any atom is -0.432 e. The number of allylic oxidation sites excluding steroid dienone is 1. The minimum atomic E-state index is -1.86. The van der Waals surface area contributed by atoms with Crippen LogP contribution in [0.4, 0.5) is 0 Å². The highest BCUT2D eigenvalue weighted by Gasteiger charge is 2.72. The number of rotatable bonds is 12. The lowest BCUT2D eigenvalue weighted by Gasteiger charge is -2.72. The molecule has 0 aromatic heterocycles. The highest BCUT2D eigenvalue weighted by Crippen LogP contribution is 2.76. The lowest BCUT2D eigenvalue weighted by atomic mass is 9.33. The predicted molar refractivity (Wildman–Crippen MR) is 288 cm³/mol. The molecule has 15 N–H and O–H groups in total. The van der Waals surface area contributed by atoms with Crippen LogP contribution in [-0.4, -0.2) is 262 Å². The first kappa shape index (κ1) is 66.2. The predicted octanol–water partition coefficient (Wildman–Crippen LogP) is -2.55. The molecule has 26 heteroatoms. The normalized spacial score (nSPS) is 56.1. The van der Waals surface area contributed by atoms with Crippen molar-refractivity contribution >= 4 is 5.97 Å². The van der Waals surface area contributed by atoms with Gasteiger partial charge in [-0.3, -0.25) is 4.79 Å². The summed E-state index contributed by atoms with van der Waals surface area (Å²) in [5, 5.41) is 164. The molecule has 26 nitrogen and oxygen atoms in total. The van der Waals surface area contributed by atoms with E-state index in [1.54, 1.807) is 6.92 Å². The van der Waals surface area contributed by atoms with Gasteiger partial charge in [-0.2, -0.15) is 0 Å². The molecule has 34 unspecified atom stereocenters. The Morgan fingerprint density at radius 2 is 1.07 bits per heavy atom. The van der Waals surface area contributed by atoms with Crippen LogP contribution in [0, 0.1) is 50.7 Å². The fourth-order valence-electron chi connectivity index (χ4n) is 17.8. The van der Waals surface area contributed by atoms with Gasteiger partial charge in [0.05, 0.1) is 49.1 Å². The SMILES string of the molecule is CC1OC(OC2C(OC(=O)C34CCC(C)C(C)(O)C3C3=CCC5C6(C)CCC(OC7OCC(O)C(OC8OC(CO)C(O)C(O)C8O)C7OC7OC(C)C(O)C(O)C7O)C(C)(C)C6CCC5(C)C3(C)CC4)OC(CO)C(O)C2O)C(O)C(O)C1O. The average molecular weight is 1220 g/mol. The van der Waals surface area contributed by atoms with Crippen LogP contribution in [-0.2, 0) is 52.2 Å². The number of hydrogen-bond donors (Lipinski definition) is 15. The largest absolute Gasteiger partial charge is 0.432 e. The van der Waals surface area contributed by atoms with E-state index in [2.05, 4.69) is 40.7 Å². The molecular weight excluding hydrogens is 1120 g/mol.